The summed E-state index contributed by atoms with van der Waals surface area (Å²) < 4.78 is 10.1. The Morgan fingerprint density at radius 2 is 2.04 bits per heavy atom. The smallest absolute Gasteiger partial charge is 0.216 e. The summed E-state index contributed by atoms with van der Waals surface area (Å²) in [6, 6.07) is 6.29. The van der Waals surface area contributed by atoms with Crippen LogP contribution in [0.4, 0.5) is 0 Å². The van der Waals surface area contributed by atoms with E-state index >= 15 is 0 Å². The van der Waals surface area contributed by atoms with Crippen molar-refractivity contribution in [1.29, 1.82) is 0 Å². The summed E-state index contributed by atoms with van der Waals surface area (Å²) in [7, 11) is 2.03. The average Bonchev–Trinajstić information content (AvgIpc) is 3.09. The molecule has 1 N–H and O–H groups in total. The number of hydrogen-bond acceptors (Lipinski definition) is 4. The zero-order chi connectivity index (χ0) is 16.7. The van der Waals surface area contributed by atoms with Crippen molar-refractivity contribution in [2.24, 2.45) is 7.05 Å². The van der Waals surface area contributed by atoms with Gasteiger partial charge in [-0.05, 0) is 37.6 Å². The minimum atomic E-state index is 0.199. The lowest BCUT2D eigenvalue weighted by Crippen LogP contribution is -2.39. The van der Waals surface area contributed by atoms with Gasteiger partial charge in [-0.3, -0.25) is 9.13 Å². The third-order valence-electron chi connectivity index (χ3n) is 4.74. The fourth-order valence-electron chi connectivity index (χ4n) is 3.46. The maximum Gasteiger partial charge on any atom is 0.216 e. The van der Waals surface area contributed by atoms with Crippen molar-refractivity contribution >= 4 is 11.2 Å². The summed E-state index contributed by atoms with van der Waals surface area (Å²) in [5.74, 6) is 0.910. The zero-order valence-electron chi connectivity index (χ0n) is 14.4. The second kappa shape index (κ2) is 6.03. The number of aromatic nitrogens is 4. The predicted molar refractivity (Wildman–Crippen MR) is 93.6 cm³/mol. The zero-order valence-corrected chi connectivity index (χ0v) is 14.4. The molecule has 1 unspecified atom stereocenters. The molecule has 1 atom stereocenters. The summed E-state index contributed by atoms with van der Waals surface area (Å²) in [6.45, 7) is 6.79. The van der Waals surface area contributed by atoms with E-state index in [1.807, 2.05) is 13.2 Å². The molecule has 6 heteroatoms. The summed E-state index contributed by atoms with van der Waals surface area (Å²) in [5.41, 5.74) is 5.42. The van der Waals surface area contributed by atoms with Crippen molar-refractivity contribution in [3.05, 3.63) is 41.3 Å². The van der Waals surface area contributed by atoms with Gasteiger partial charge in [-0.25, -0.2) is 9.97 Å². The number of pyridine rings is 1. The van der Waals surface area contributed by atoms with Crippen LogP contribution in [0.3, 0.4) is 0 Å². The van der Waals surface area contributed by atoms with Crippen molar-refractivity contribution in [1.82, 2.24) is 24.4 Å². The quantitative estimate of drug-likeness (QED) is 0.799. The molecule has 3 aromatic heterocycles. The van der Waals surface area contributed by atoms with Crippen LogP contribution >= 0.6 is 0 Å². The molecule has 0 amide bonds. The molecule has 4 heterocycles. The van der Waals surface area contributed by atoms with Gasteiger partial charge in [0.05, 0.1) is 12.7 Å². The van der Waals surface area contributed by atoms with Crippen LogP contribution in [0.2, 0.25) is 0 Å². The molecular weight excluding hydrogens is 302 g/mol. The minimum absolute atomic E-state index is 0.199. The number of ether oxygens (including phenoxy) is 1. The standard InChI is InChI=1S/C18H23N5O/c1-12-4-5-13(2)23(12)18-21-16-14(6-7-20-17(16)22(18)3)10-15-11-19-8-9-24-15/h4-7,15,19H,8-11H2,1-3H3. The summed E-state index contributed by atoms with van der Waals surface area (Å²) in [5, 5.41) is 3.39. The van der Waals surface area contributed by atoms with Crippen LogP contribution in [-0.2, 0) is 18.2 Å². The van der Waals surface area contributed by atoms with Crippen LogP contribution in [0.1, 0.15) is 17.0 Å². The predicted octanol–water partition coefficient (Wildman–Crippen LogP) is 1.91. The van der Waals surface area contributed by atoms with Crippen molar-refractivity contribution < 1.29 is 4.74 Å². The topological polar surface area (TPSA) is 56.9 Å². The molecule has 6 nitrogen and oxygen atoms in total. The molecule has 126 valence electrons. The lowest BCUT2D eigenvalue weighted by atomic mass is 10.1. The average molecular weight is 325 g/mol. The SMILES string of the molecule is Cc1ccc(C)n1-c1nc2c(CC3CNCCO3)ccnc2n1C. The normalized spacial score (nSPS) is 18.4. The van der Waals surface area contributed by atoms with Crippen molar-refractivity contribution in [3.8, 4) is 5.95 Å². The Hall–Kier alpha value is -2.18. The first kappa shape index (κ1) is 15.4. The van der Waals surface area contributed by atoms with Crippen LogP contribution in [0.15, 0.2) is 24.4 Å². The van der Waals surface area contributed by atoms with Gasteiger partial charge in [0.2, 0.25) is 5.95 Å². The Kier molecular flexibility index (Phi) is 3.86. The Balaban J connectivity index is 1.79. The van der Waals surface area contributed by atoms with E-state index in [1.165, 1.54) is 17.0 Å². The maximum absolute atomic E-state index is 5.86. The van der Waals surface area contributed by atoms with Gasteiger partial charge in [0.25, 0.3) is 0 Å². The molecule has 1 aliphatic heterocycles. The van der Waals surface area contributed by atoms with E-state index in [0.29, 0.717) is 0 Å². The van der Waals surface area contributed by atoms with Gasteiger partial charge in [-0.1, -0.05) is 0 Å². The van der Waals surface area contributed by atoms with E-state index < -0.39 is 0 Å². The van der Waals surface area contributed by atoms with E-state index in [4.69, 9.17) is 9.72 Å². The van der Waals surface area contributed by atoms with E-state index in [1.54, 1.807) is 0 Å². The second-order valence-electron chi connectivity index (χ2n) is 6.47. The number of fused-ring (bicyclic) bond motifs is 1. The molecule has 1 saturated heterocycles. The van der Waals surface area contributed by atoms with E-state index in [-0.39, 0.29) is 6.10 Å². The monoisotopic (exact) mass is 325 g/mol. The molecule has 0 saturated carbocycles. The number of hydrogen-bond donors (Lipinski definition) is 1. The third kappa shape index (κ3) is 2.52. The molecule has 1 aliphatic rings. The van der Waals surface area contributed by atoms with Gasteiger partial charge in [-0.2, -0.15) is 0 Å². The second-order valence-corrected chi connectivity index (χ2v) is 6.47. The van der Waals surface area contributed by atoms with Gasteiger partial charge in [0, 0.05) is 44.1 Å². The molecule has 3 aromatic rings. The molecule has 4 rings (SSSR count). The van der Waals surface area contributed by atoms with Crippen molar-refractivity contribution in [3.63, 3.8) is 0 Å². The highest BCUT2D eigenvalue weighted by Gasteiger charge is 2.19. The number of morpholine rings is 1. The largest absolute Gasteiger partial charge is 0.375 e. The van der Waals surface area contributed by atoms with Gasteiger partial charge < -0.3 is 10.1 Å². The van der Waals surface area contributed by atoms with Crippen LogP contribution in [0.5, 0.6) is 0 Å². The highest BCUT2D eigenvalue weighted by Crippen LogP contribution is 2.23. The molecule has 0 spiro atoms. The molecule has 0 aliphatic carbocycles. The van der Waals surface area contributed by atoms with Gasteiger partial charge in [-0.15, -0.1) is 0 Å². The summed E-state index contributed by atoms with van der Waals surface area (Å²) in [4.78, 5) is 9.48. The number of nitrogens with one attached hydrogen (secondary N) is 1. The van der Waals surface area contributed by atoms with E-state index in [0.717, 1.165) is 43.2 Å². The fourth-order valence-corrected chi connectivity index (χ4v) is 3.46. The molecule has 0 aromatic carbocycles. The maximum atomic E-state index is 5.86. The van der Waals surface area contributed by atoms with E-state index in [9.17, 15) is 0 Å². The van der Waals surface area contributed by atoms with E-state index in [2.05, 4.69) is 51.5 Å². The minimum Gasteiger partial charge on any atom is -0.375 e. The van der Waals surface area contributed by atoms with Gasteiger partial charge >= 0.3 is 0 Å². The highest BCUT2D eigenvalue weighted by atomic mass is 16.5. The van der Waals surface area contributed by atoms with Crippen LogP contribution in [-0.4, -0.2) is 44.9 Å². The molecule has 0 bridgehead atoms. The van der Waals surface area contributed by atoms with Crippen molar-refractivity contribution in [2.45, 2.75) is 26.4 Å². The Bertz CT molecular complexity index is 854. The first-order valence-corrected chi connectivity index (χ1v) is 8.43. The number of imidazole rings is 1. The highest BCUT2D eigenvalue weighted by molar-refractivity contribution is 5.77. The van der Waals surface area contributed by atoms with Crippen LogP contribution in [0.25, 0.3) is 17.1 Å². The van der Waals surface area contributed by atoms with Crippen molar-refractivity contribution in [2.75, 3.05) is 19.7 Å². The Labute approximate surface area is 141 Å². The Morgan fingerprint density at radius 3 is 2.75 bits per heavy atom. The lowest BCUT2D eigenvalue weighted by Gasteiger charge is -2.23. The van der Waals surface area contributed by atoms with Gasteiger partial charge in [0.1, 0.15) is 5.52 Å². The molecule has 0 radical (unpaired) electrons. The summed E-state index contributed by atoms with van der Waals surface area (Å²) in [6.07, 6.45) is 2.92. The number of rotatable bonds is 3. The first-order valence-electron chi connectivity index (χ1n) is 8.43. The van der Waals surface area contributed by atoms with Crippen LogP contribution in [0, 0.1) is 13.8 Å². The lowest BCUT2D eigenvalue weighted by molar-refractivity contribution is 0.0294. The summed E-state index contributed by atoms with van der Waals surface area (Å²) >= 11 is 0. The molecule has 24 heavy (non-hydrogen) atoms. The fraction of sp³-hybridized carbons (Fsp3) is 0.444. The number of nitrogens with zero attached hydrogens (tertiary/aromatic N) is 4. The number of aryl methyl sites for hydroxylation is 3. The first-order chi connectivity index (χ1) is 11.6. The third-order valence-corrected chi connectivity index (χ3v) is 4.74. The van der Waals surface area contributed by atoms with Gasteiger partial charge in [0.15, 0.2) is 5.65 Å². The molecular formula is C18H23N5O. The van der Waals surface area contributed by atoms with Crippen LogP contribution < -0.4 is 5.32 Å². The molecule has 1 fully saturated rings. The Morgan fingerprint density at radius 1 is 1.25 bits per heavy atom.